The molecule has 1 saturated carbocycles. The maximum absolute atomic E-state index is 9.44. The summed E-state index contributed by atoms with van der Waals surface area (Å²) in [5.41, 5.74) is 7.64. The molecule has 3 N–H and O–H groups in total. The molecule has 0 aromatic heterocycles. The second-order valence-electron chi connectivity index (χ2n) is 6.72. The number of nitrogens with zero attached hydrogens (tertiary/aromatic N) is 1. The second-order valence-corrected chi connectivity index (χ2v) is 6.72. The fraction of sp³-hybridized carbons (Fsp3) is 0.667. The lowest BCUT2D eigenvalue weighted by atomic mass is 9.75. The zero-order valence-electron chi connectivity index (χ0n) is 13.5. The van der Waals surface area contributed by atoms with Gasteiger partial charge in [0, 0.05) is 18.6 Å². The third-order valence-corrected chi connectivity index (χ3v) is 4.92. The van der Waals surface area contributed by atoms with E-state index in [0.717, 1.165) is 32.0 Å². The zero-order chi connectivity index (χ0) is 15.3. The molecular formula is C18H30N2O. The van der Waals surface area contributed by atoms with Gasteiger partial charge in [0.25, 0.3) is 0 Å². The van der Waals surface area contributed by atoms with E-state index >= 15 is 0 Å². The third kappa shape index (κ3) is 3.98. The van der Waals surface area contributed by atoms with Crippen molar-refractivity contribution < 1.29 is 5.11 Å². The van der Waals surface area contributed by atoms with Crippen LogP contribution in [-0.2, 0) is 6.54 Å². The number of hydrogen-bond donors (Lipinski definition) is 2. The van der Waals surface area contributed by atoms with Crippen LogP contribution in [0.2, 0.25) is 0 Å². The molecule has 2 unspecified atom stereocenters. The van der Waals surface area contributed by atoms with Gasteiger partial charge in [-0.2, -0.15) is 0 Å². The van der Waals surface area contributed by atoms with Gasteiger partial charge in [0.05, 0.1) is 0 Å². The fourth-order valence-electron chi connectivity index (χ4n) is 3.81. The molecule has 0 bridgehead atoms. The number of phenolic OH excluding ortho intramolecular Hbond substituents is 1. The molecule has 0 spiro atoms. The first-order valence-corrected chi connectivity index (χ1v) is 8.32. The Bertz CT molecular complexity index is 431. The van der Waals surface area contributed by atoms with Crippen molar-refractivity contribution in [2.24, 2.45) is 11.7 Å². The summed E-state index contributed by atoms with van der Waals surface area (Å²) in [6, 6.07) is 7.60. The molecule has 3 nitrogen and oxygen atoms in total. The molecule has 1 aromatic carbocycles. The van der Waals surface area contributed by atoms with Gasteiger partial charge in [-0.25, -0.2) is 0 Å². The van der Waals surface area contributed by atoms with Gasteiger partial charge in [0.15, 0.2) is 0 Å². The molecule has 1 aliphatic carbocycles. The Balaban J connectivity index is 2.17. The van der Waals surface area contributed by atoms with Crippen molar-refractivity contribution in [3.63, 3.8) is 0 Å². The molecule has 1 aliphatic rings. The van der Waals surface area contributed by atoms with Gasteiger partial charge >= 0.3 is 0 Å². The van der Waals surface area contributed by atoms with Crippen molar-refractivity contribution in [1.82, 2.24) is 4.90 Å². The van der Waals surface area contributed by atoms with Crippen LogP contribution < -0.4 is 5.73 Å². The van der Waals surface area contributed by atoms with Crippen LogP contribution in [0.3, 0.4) is 0 Å². The minimum Gasteiger partial charge on any atom is -0.508 e. The first kappa shape index (κ1) is 16.3. The Kier molecular flexibility index (Phi) is 5.65. The predicted octanol–water partition coefficient (Wildman–Crippen LogP) is 3.51. The molecule has 21 heavy (non-hydrogen) atoms. The lowest BCUT2D eigenvalue weighted by Crippen LogP contribution is -2.56. The van der Waals surface area contributed by atoms with E-state index in [0.29, 0.717) is 5.75 Å². The molecule has 0 aliphatic heterocycles. The first-order valence-electron chi connectivity index (χ1n) is 8.32. The van der Waals surface area contributed by atoms with E-state index < -0.39 is 0 Å². The highest BCUT2D eigenvalue weighted by molar-refractivity contribution is 5.26. The SMILES string of the molecule is CCCN(Cc1ccc(O)cc1)C1(CN)CCCC(C)C1. The molecule has 2 atom stereocenters. The molecule has 118 valence electrons. The third-order valence-electron chi connectivity index (χ3n) is 4.92. The van der Waals surface area contributed by atoms with Crippen molar-refractivity contribution in [3.8, 4) is 5.75 Å². The molecular weight excluding hydrogens is 260 g/mol. The van der Waals surface area contributed by atoms with Gasteiger partial charge in [-0.1, -0.05) is 38.8 Å². The summed E-state index contributed by atoms with van der Waals surface area (Å²) in [5.74, 6) is 1.10. The Morgan fingerprint density at radius 2 is 2.05 bits per heavy atom. The number of benzene rings is 1. The zero-order valence-corrected chi connectivity index (χ0v) is 13.5. The van der Waals surface area contributed by atoms with Crippen LogP contribution in [0.25, 0.3) is 0 Å². The highest BCUT2D eigenvalue weighted by atomic mass is 16.3. The average molecular weight is 290 g/mol. The van der Waals surface area contributed by atoms with E-state index in [-0.39, 0.29) is 5.54 Å². The number of phenols is 1. The van der Waals surface area contributed by atoms with Gasteiger partial charge in [0.1, 0.15) is 5.75 Å². The lowest BCUT2D eigenvalue weighted by Gasteiger charge is -2.48. The van der Waals surface area contributed by atoms with Gasteiger partial charge in [-0.15, -0.1) is 0 Å². The van der Waals surface area contributed by atoms with E-state index in [1.807, 2.05) is 12.1 Å². The quantitative estimate of drug-likeness (QED) is 0.843. The minimum atomic E-state index is 0.158. The van der Waals surface area contributed by atoms with Crippen molar-refractivity contribution in [3.05, 3.63) is 29.8 Å². The van der Waals surface area contributed by atoms with Crippen molar-refractivity contribution in [1.29, 1.82) is 0 Å². The standard InChI is InChI=1S/C18H30N2O/c1-3-11-20(13-16-6-8-17(21)9-7-16)18(14-19)10-4-5-15(2)12-18/h6-9,15,21H,3-5,10-14,19H2,1-2H3. The van der Waals surface area contributed by atoms with Gasteiger partial charge < -0.3 is 10.8 Å². The van der Waals surface area contributed by atoms with Crippen molar-refractivity contribution in [2.75, 3.05) is 13.1 Å². The van der Waals surface area contributed by atoms with E-state index in [1.54, 1.807) is 12.1 Å². The lowest BCUT2D eigenvalue weighted by molar-refractivity contribution is 0.0321. The number of nitrogens with two attached hydrogens (primary N) is 1. The van der Waals surface area contributed by atoms with Crippen molar-refractivity contribution >= 4 is 0 Å². The molecule has 0 heterocycles. The Labute approximate surface area is 129 Å². The van der Waals surface area contributed by atoms with Crippen LogP contribution in [0.15, 0.2) is 24.3 Å². The van der Waals surface area contributed by atoms with Crippen LogP contribution in [-0.4, -0.2) is 28.6 Å². The fourth-order valence-corrected chi connectivity index (χ4v) is 3.81. The normalized spacial score (nSPS) is 26.2. The monoisotopic (exact) mass is 290 g/mol. The highest BCUT2D eigenvalue weighted by Crippen LogP contribution is 2.37. The summed E-state index contributed by atoms with van der Waals surface area (Å²) in [7, 11) is 0. The number of rotatable bonds is 6. The minimum absolute atomic E-state index is 0.158. The molecule has 3 heteroatoms. The average Bonchev–Trinajstić information content (AvgIpc) is 2.49. The number of aromatic hydroxyl groups is 1. The van der Waals surface area contributed by atoms with E-state index in [2.05, 4.69) is 18.7 Å². The van der Waals surface area contributed by atoms with Gasteiger partial charge in [-0.3, -0.25) is 4.90 Å². The van der Waals surface area contributed by atoms with E-state index in [4.69, 9.17) is 5.73 Å². The molecule has 2 rings (SSSR count). The summed E-state index contributed by atoms with van der Waals surface area (Å²) >= 11 is 0. The topological polar surface area (TPSA) is 49.5 Å². The Morgan fingerprint density at radius 3 is 2.62 bits per heavy atom. The first-order chi connectivity index (χ1) is 10.1. The maximum atomic E-state index is 9.44. The van der Waals surface area contributed by atoms with Crippen LogP contribution >= 0.6 is 0 Å². The summed E-state index contributed by atoms with van der Waals surface area (Å²) < 4.78 is 0. The van der Waals surface area contributed by atoms with E-state index in [1.165, 1.54) is 31.2 Å². The molecule has 0 radical (unpaired) electrons. The molecule has 0 amide bonds. The summed E-state index contributed by atoms with van der Waals surface area (Å²) in [6.45, 7) is 7.35. The molecule has 1 aromatic rings. The van der Waals surface area contributed by atoms with Crippen LogP contribution in [0.1, 0.15) is 51.5 Å². The van der Waals surface area contributed by atoms with Crippen molar-refractivity contribution in [2.45, 2.75) is 58.0 Å². The molecule has 0 saturated heterocycles. The Morgan fingerprint density at radius 1 is 1.33 bits per heavy atom. The summed E-state index contributed by atoms with van der Waals surface area (Å²) in [6.07, 6.45) is 6.19. The van der Waals surface area contributed by atoms with E-state index in [9.17, 15) is 5.11 Å². The van der Waals surface area contributed by atoms with Crippen LogP contribution in [0, 0.1) is 5.92 Å². The van der Waals surface area contributed by atoms with Gasteiger partial charge in [0.2, 0.25) is 0 Å². The number of hydrogen-bond acceptors (Lipinski definition) is 3. The summed E-state index contributed by atoms with van der Waals surface area (Å²) in [4.78, 5) is 2.59. The van der Waals surface area contributed by atoms with Crippen LogP contribution in [0.5, 0.6) is 5.75 Å². The maximum Gasteiger partial charge on any atom is 0.115 e. The molecule has 1 fully saturated rings. The predicted molar refractivity (Wildman–Crippen MR) is 88.2 cm³/mol. The Hall–Kier alpha value is -1.06. The smallest absolute Gasteiger partial charge is 0.115 e. The summed E-state index contributed by atoms with van der Waals surface area (Å²) in [5, 5.41) is 9.44. The second kappa shape index (κ2) is 7.28. The highest BCUT2D eigenvalue weighted by Gasteiger charge is 2.38. The van der Waals surface area contributed by atoms with Crippen LogP contribution in [0.4, 0.5) is 0 Å². The van der Waals surface area contributed by atoms with Gasteiger partial charge in [-0.05, 0) is 49.4 Å². The largest absolute Gasteiger partial charge is 0.508 e.